The molecule has 0 aliphatic rings. The fourth-order valence-corrected chi connectivity index (χ4v) is 2.54. The van der Waals surface area contributed by atoms with Gasteiger partial charge in [-0.25, -0.2) is 4.79 Å². The van der Waals surface area contributed by atoms with Crippen LogP contribution in [0.3, 0.4) is 0 Å². The Morgan fingerprint density at radius 3 is 2.17 bits per heavy atom. The van der Waals surface area contributed by atoms with Gasteiger partial charge in [-0.15, -0.1) is 0 Å². The van der Waals surface area contributed by atoms with Gasteiger partial charge >= 0.3 is 5.97 Å². The Labute approximate surface area is 168 Å². The van der Waals surface area contributed by atoms with Crippen molar-refractivity contribution in [3.8, 4) is 11.5 Å². The number of hydrogen-bond acceptors (Lipinski definition) is 5. The molecule has 0 bridgehead atoms. The van der Waals surface area contributed by atoms with Gasteiger partial charge in [-0.2, -0.15) is 0 Å². The summed E-state index contributed by atoms with van der Waals surface area (Å²) in [6.45, 7) is 0.333. The molecule has 1 amide bonds. The molecule has 0 heterocycles. The van der Waals surface area contributed by atoms with Crippen LogP contribution in [0.25, 0.3) is 0 Å². The number of carbonyl (C=O) groups excluding carboxylic acids is 2. The minimum absolute atomic E-state index is 0.0822. The van der Waals surface area contributed by atoms with Crippen molar-refractivity contribution in [3.05, 3.63) is 95.6 Å². The lowest BCUT2D eigenvalue weighted by Gasteiger charge is -2.09. The van der Waals surface area contributed by atoms with Gasteiger partial charge in [0.1, 0.15) is 24.7 Å². The van der Waals surface area contributed by atoms with Crippen LogP contribution in [0.4, 0.5) is 0 Å². The lowest BCUT2D eigenvalue weighted by Crippen LogP contribution is -2.20. The lowest BCUT2D eigenvalue weighted by molar-refractivity contribution is -0.119. The molecule has 3 aromatic rings. The highest BCUT2D eigenvalue weighted by Gasteiger charge is 2.08. The second kappa shape index (κ2) is 9.94. The topological polar surface area (TPSA) is 87.9 Å². The third kappa shape index (κ3) is 6.39. The van der Waals surface area contributed by atoms with Gasteiger partial charge in [-0.3, -0.25) is 4.79 Å². The number of benzene rings is 3. The second-order valence-corrected chi connectivity index (χ2v) is 6.28. The summed E-state index contributed by atoms with van der Waals surface area (Å²) < 4.78 is 16.3. The Balaban J connectivity index is 1.50. The molecule has 0 aliphatic heterocycles. The van der Waals surface area contributed by atoms with Crippen molar-refractivity contribution in [3.63, 3.8) is 0 Å². The average molecular weight is 391 g/mol. The first kappa shape index (κ1) is 19.9. The fraction of sp³-hybridized carbons (Fsp3) is 0.130. The average Bonchev–Trinajstić information content (AvgIpc) is 2.76. The number of hydrogen-bond donors (Lipinski definition) is 1. The SMILES string of the molecule is NC(=O)COc1cccc(COC(=O)c2ccc(OCc3ccccc3)cc2)c1. The molecular formula is C23H21NO5. The zero-order valence-corrected chi connectivity index (χ0v) is 15.7. The molecule has 0 spiro atoms. The smallest absolute Gasteiger partial charge is 0.338 e. The molecule has 0 radical (unpaired) electrons. The van der Waals surface area contributed by atoms with E-state index in [4.69, 9.17) is 19.9 Å². The van der Waals surface area contributed by atoms with Gasteiger partial charge in [-0.1, -0.05) is 42.5 Å². The van der Waals surface area contributed by atoms with E-state index in [0.717, 1.165) is 11.1 Å². The van der Waals surface area contributed by atoms with Crippen molar-refractivity contribution in [2.75, 3.05) is 6.61 Å². The maximum atomic E-state index is 12.3. The highest BCUT2D eigenvalue weighted by molar-refractivity contribution is 5.89. The molecule has 0 aliphatic carbocycles. The van der Waals surface area contributed by atoms with Crippen molar-refractivity contribution in [1.82, 2.24) is 0 Å². The van der Waals surface area contributed by atoms with Gasteiger partial charge < -0.3 is 19.9 Å². The van der Waals surface area contributed by atoms with E-state index in [0.29, 0.717) is 23.7 Å². The van der Waals surface area contributed by atoms with Crippen molar-refractivity contribution >= 4 is 11.9 Å². The Bertz CT molecular complexity index is 955. The van der Waals surface area contributed by atoms with E-state index >= 15 is 0 Å². The van der Waals surface area contributed by atoms with Crippen molar-refractivity contribution in [1.29, 1.82) is 0 Å². The molecule has 0 saturated heterocycles. The number of primary amides is 1. The maximum absolute atomic E-state index is 12.3. The Kier molecular flexibility index (Phi) is 6.84. The van der Waals surface area contributed by atoms with Crippen molar-refractivity contribution < 1.29 is 23.8 Å². The van der Waals surface area contributed by atoms with Gasteiger partial charge in [0.05, 0.1) is 5.56 Å². The number of amides is 1. The quantitative estimate of drug-likeness (QED) is 0.564. The van der Waals surface area contributed by atoms with Gasteiger partial charge in [0.15, 0.2) is 6.61 Å². The first-order valence-corrected chi connectivity index (χ1v) is 9.04. The molecule has 29 heavy (non-hydrogen) atoms. The highest BCUT2D eigenvalue weighted by atomic mass is 16.5. The lowest BCUT2D eigenvalue weighted by atomic mass is 10.2. The minimum atomic E-state index is -0.557. The zero-order valence-electron chi connectivity index (χ0n) is 15.7. The second-order valence-electron chi connectivity index (χ2n) is 6.28. The van der Waals surface area contributed by atoms with Gasteiger partial charge in [0, 0.05) is 0 Å². The standard InChI is InChI=1S/C23H21NO5/c24-22(25)16-28-21-8-4-7-18(13-21)15-29-23(26)19-9-11-20(12-10-19)27-14-17-5-2-1-3-6-17/h1-13H,14-16H2,(H2,24,25). The van der Waals surface area contributed by atoms with Crippen LogP contribution >= 0.6 is 0 Å². The molecule has 3 rings (SSSR count). The number of esters is 1. The molecule has 0 atom stereocenters. The summed E-state index contributed by atoms with van der Waals surface area (Å²) in [5, 5.41) is 0. The third-order valence-corrected chi connectivity index (χ3v) is 3.99. The summed E-state index contributed by atoms with van der Waals surface area (Å²) in [7, 11) is 0. The van der Waals surface area contributed by atoms with Crippen LogP contribution in [0.2, 0.25) is 0 Å². The summed E-state index contributed by atoms with van der Waals surface area (Å²) in [4.78, 5) is 23.0. The van der Waals surface area contributed by atoms with Gasteiger partial charge in [0.25, 0.3) is 5.91 Å². The first-order valence-electron chi connectivity index (χ1n) is 9.04. The number of rotatable bonds is 9. The molecule has 0 unspecified atom stereocenters. The summed E-state index contributed by atoms with van der Waals surface area (Å²) in [5.74, 6) is 0.156. The Hall–Kier alpha value is -3.80. The van der Waals surface area contributed by atoms with Crippen LogP contribution in [0, 0.1) is 0 Å². The van der Waals surface area contributed by atoms with E-state index < -0.39 is 11.9 Å². The summed E-state index contributed by atoms with van der Waals surface area (Å²) in [5.41, 5.74) is 7.29. The summed E-state index contributed by atoms with van der Waals surface area (Å²) in [6.07, 6.45) is 0. The summed E-state index contributed by atoms with van der Waals surface area (Å²) in [6, 6.07) is 23.6. The molecule has 6 nitrogen and oxygen atoms in total. The molecule has 0 fully saturated rings. The van der Waals surface area contributed by atoms with Crippen molar-refractivity contribution in [2.45, 2.75) is 13.2 Å². The highest BCUT2D eigenvalue weighted by Crippen LogP contribution is 2.17. The Morgan fingerprint density at radius 1 is 0.724 bits per heavy atom. The predicted octanol–water partition coefficient (Wildman–Crippen LogP) is 3.49. The normalized spacial score (nSPS) is 10.2. The van der Waals surface area contributed by atoms with E-state index in [-0.39, 0.29) is 13.2 Å². The molecule has 0 saturated carbocycles. The van der Waals surface area contributed by atoms with E-state index in [1.54, 1.807) is 48.5 Å². The maximum Gasteiger partial charge on any atom is 0.338 e. The van der Waals surface area contributed by atoms with Gasteiger partial charge in [-0.05, 0) is 47.5 Å². The summed E-state index contributed by atoms with van der Waals surface area (Å²) >= 11 is 0. The van der Waals surface area contributed by atoms with Crippen LogP contribution in [-0.2, 0) is 22.7 Å². The largest absolute Gasteiger partial charge is 0.489 e. The number of carbonyl (C=O) groups is 2. The third-order valence-electron chi connectivity index (χ3n) is 3.99. The molecule has 6 heteroatoms. The number of ether oxygens (including phenoxy) is 3. The van der Waals surface area contributed by atoms with E-state index in [1.165, 1.54) is 0 Å². The van der Waals surface area contributed by atoms with E-state index in [1.807, 2.05) is 30.3 Å². The van der Waals surface area contributed by atoms with Crippen LogP contribution in [-0.4, -0.2) is 18.5 Å². The minimum Gasteiger partial charge on any atom is -0.489 e. The van der Waals surface area contributed by atoms with Gasteiger partial charge in [0.2, 0.25) is 0 Å². The monoisotopic (exact) mass is 391 g/mol. The number of nitrogens with two attached hydrogens (primary N) is 1. The van der Waals surface area contributed by atoms with Crippen molar-refractivity contribution in [2.24, 2.45) is 5.73 Å². The van der Waals surface area contributed by atoms with E-state index in [2.05, 4.69) is 0 Å². The van der Waals surface area contributed by atoms with E-state index in [9.17, 15) is 9.59 Å². The Morgan fingerprint density at radius 2 is 1.45 bits per heavy atom. The van der Waals surface area contributed by atoms with Crippen LogP contribution in [0.15, 0.2) is 78.9 Å². The molecule has 3 aromatic carbocycles. The molecule has 0 aromatic heterocycles. The predicted molar refractivity (Wildman–Crippen MR) is 107 cm³/mol. The van der Waals surface area contributed by atoms with Crippen LogP contribution in [0.1, 0.15) is 21.5 Å². The molecule has 2 N–H and O–H groups in total. The van der Waals surface area contributed by atoms with Crippen LogP contribution in [0.5, 0.6) is 11.5 Å². The first-order chi connectivity index (χ1) is 14.1. The molecule has 148 valence electrons. The fourth-order valence-electron chi connectivity index (χ4n) is 2.54. The van der Waals surface area contributed by atoms with Crippen LogP contribution < -0.4 is 15.2 Å². The zero-order chi connectivity index (χ0) is 20.5. The molecular weight excluding hydrogens is 370 g/mol.